The number of carbonyl (C=O) groups is 3. The van der Waals surface area contributed by atoms with Gasteiger partial charge in [-0.2, -0.15) is 0 Å². The molecule has 2 fully saturated rings. The second-order valence-corrected chi connectivity index (χ2v) is 19.5. The number of fused-ring (bicyclic) bond motifs is 3. The van der Waals surface area contributed by atoms with Gasteiger partial charge in [0.2, 0.25) is 5.91 Å². The van der Waals surface area contributed by atoms with Crippen LogP contribution in [0.1, 0.15) is 43.3 Å². The van der Waals surface area contributed by atoms with Crippen molar-refractivity contribution in [3.63, 3.8) is 0 Å². The molecule has 1 N–H and O–H groups in total. The lowest BCUT2D eigenvalue weighted by molar-refractivity contribution is -0.121. The molecule has 3 aromatic carbocycles. The highest BCUT2D eigenvalue weighted by molar-refractivity contribution is 7.18. The average molecular weight is 716 g/mol. The van der Waals surface area contributed by atoms with Crippen molar-refractivity contribution in [1.82, 2.24) is 5.32 Å². The molecular weight excluding hydrogens is 678 g/mol. The van der Waals surface area contributed by atoms with Crippen LogP contribution in [-0.2, 0) is 14.0 Å². The van der Waals surface area contributed by atoms with Gasteiger partial charge >= 0.3 is 6.09 Å². The van der Waals surface area contributed by atoms with Gasteiger partial charge in [-0.25, -0.2) is 4.79 Å². The van der Waals surface area contributed by atoms with Crippen molar-refractivity contribution >= 4 is 70.9 Å². The van der Waals surface area contributed by atoms with Crippen molar-refractivity contribution in [2.24, 2.45) is 0 Å². The molecule has 1 aromatic heterocycles. The molecule has 0 aliphatic carbocycles. The molecule has 0 unspecified atom stereocenters. The number of amides is 3. The van der Waals surface area contributed by atoms with Gasteiger partial charge in [-0.3, -0.25) is 14.5 Å². The summed E-state index contributed by atoms with van der Waals surface area (Å²) in [6.45, 7) is 7.54. The molecule has 7 rings (SSSR count). The van der Waals surface area contributed by atoms with Crippen molar-refractivity contribution in [2.75, 3.05) is 29.5 Å². The highest BCUT2D eigenvalue weighted by Gasteiger charge is 2.52. The maximum Gasteiger partial charge on any atom is 0.415 e. The minimum Gasteiger partial charge on any atom is -0.489 e. The zero-order valence-electron chi connectivity index (χ0n) is 27.6. The minimum atomic E-state index is -2.81. The van der Waals surface area contributed by atoms with E-state index in [2.05, 4.69) is 74.6 Å². The van der Waals surface area contributed by atoms with Gasteiger partial charge < -0.3 is 24.1 Å². The number of ether oxygens (including phenoxy) is 2. The number of hydrogen-bond acceptors (Lipinski definition) is 7. The normalized spacial score (nSPS) is 20.7. The van der Waals surface area contributed by atoms with Crippen LogP contribution in [0.25, 0.3) is 0 Å². The topological polar surface area (TPSA) is 97.4 Å². The van der Waals surface area contributed by atoms with Crippen LogP contribution in [0.5, 0.6) is 5.75 Å². The van der Waals surface area contributed by atoms with Crippen molar-refractivity contribution in [3.05, 3.63) is 100 Å². The summed E-state index contributed by atoms with van der Waals surface area (Å²) < 4.78 is 19.6. The van der Waals surface area contributed by atoms with Crippen molar-refractivity contribution in [2.45, 2.75) is 56.9 Å². The Labute approximate surface area is 295 Å². The number of halogens is 1. The van der Waals surface area contributed by atoms with Gasteiger partial charge in [0, 0.05) is 18.3 Å². The van der Waals surface area contributed by atoms with E-state index in [4.69, 9.17) is 25.5 Å². The Morgan fingerprint density at radius 1 is 1.00 bits per heavy atom. The van der Waals surface area contributed by atoms with Gasteiger partial charge in [-0.1, -0.05) is 93.0 Å². The molecule has 12 heteroatoms. The molecule has 3 atom stereocenters. The first-order valence-electron chi connectivity index (χ1n) is 16.4. The molecule has 3 aliphatic rings. The number of nitrogens with zero attached hydrogens (tertiary/aromatic N) is 2. The summed E-state index contributed by atoms with van der Waals surface area (Å²) in [5.41, 5.74) is 1.28. The van der Waals surface area contributed by atoms with E-state index in [1.807, 2.05) is 24.3 Å². The molecule has 3 amide bonds. The Morgan fingerprint density at radius 2 is 1.69 bits per heavy atom. The third kappa shape index (κ3) is 6.25. The number of rotatable bonds is 8. The Bertz CT molecular complexity index is 1830. The van der Waals surface area contributed by atoms with Crippen LogP contribution in [-0.4, -0.2) is 64.2 Å². The lowest BCUT2D eigenvalue weighted by Crippen LogP contribution is -2.68. The predicted molar refractivity (Wildman–Crippen MR) is 194 cm³/mol. The molecular formula is C37H38ClN3O6SSi. The van der Waals surface area contributed by atoms with E-state index in [0.717, 1.165) is 0 Å². The highest BCUT2D eigenvalue weighted by atomic mass is 35.5. The fourth-order valence-corrected chi connectivity index (χ4v) is 12.9. The van der Waals surface area contributed by atoms with E-state index in [1.165, 1.54) is 21.7 Å². The Hall–Kier alpha value is -4.16. The first-order chi connectivity index (χ1) is 23.5. The lowest BCUT2D eigenvalue weighted by atomic mass is 10.0. The number of anilines is 2. The summed E-state index contributed by atoms with van der Waals surface area (Å²) in [5.74, 6) is 0.201. The molecule has 9 nitrogen and oxygen atoms in total. The van der Waals surface area contributed by atoms with Gasteiger partial charge in [0.25, 0.3) is 14.2 Å². The van der Waals surface area contributed by atoms with E-state index in [0.29, 0.717) is 39.3 Å². The summed E-state index contributed by atoms with van der Waals surface area (Å²) in [6.07, 6.45) is -0.388. The molecule has 2 saturated heterocycles. The quantitative estimate of drug-likeness (QED) is 0.225. The molecule has 0 bridgehead atoms. The first-order valence-corrected chi connectivity index (χ1v) is 19.5. The smallest absolute Gasteiger partial charge is 0.415 e. The summed E-state index contributed by atoms with van der Waals surface area (Å²) in [6, 6.07) is 29.3. The fourth-order valence-electron chi connectivity index (χ4n) is 7.20. The zero-order valence-corrected chi connectivity index (χ0v) is 30.1. The van der Waals surface area contributed by atoms with E-state index in [-0.39, 0.29) is 42.5 Å². The number of carbonyl (C=O) groups excluding carboxylic acids is 3. The second kappa shape index (κ2) is 13.3. The van der Waals surface area contributed by atoms with Crippen LogP contribution in [0.15, 0.2) is 91.0 Å². The lowest BCUT2D eigenvalue weighted by Gasteiger charge is -2.46. The number of benzene rings is 3. The van der Waals surface area contributed by atoms with Crippen LogP contribution in [0, 0.1) is 0 Å². The van der Waals surface area contributed by atoms with E-state index >= 15 is 0 Å². The molecule has 49 heavy (non-hydrogen) atoms. The fraction of sp³-hybridized carbons (Fsp3) is 0.324. The maximum atomic E-state index is 13.8. The largest absolute Gasteiger partial charge is 0.489 e. The summed E-state index contributed by atoms with van der Waals surface area (Å²) in [4.78, 5) is 43.2. The van der Waals surface area contributed by atoms with Crippen LogP contribution in [0.4, 0.5) is 16.2 Å². The molecule has 254 valence electrons. The van der Waals surface area contributed by atoms with Crippen molar-refractivity contribution in [1.29, 1.82) is 0 Å². The summed E-state index contributed by atoms with van der Waals surface area (Å²) in [5, 5.41) is 5.02. The predicted octanol–water partition coefficient (Wildman–Crippen LogP) is 5.99. The number of nitrogens with one attached hydrogen (secondary N) is 1. The van der Waals surface area contributed by atoms with Gasteiger partial charge in [0.1, 0.15) is 24.5 Å². The Balaban J connectivity index is 1.05. The van der Waals surface area contributed by atoms with Gasteiger partial charge in [-0.05, 0) is 46.1 Å². The van der Waals surface area contributed by atoms with Crippen molar-refractivity contribution in [3.8, 4) is 5.75 Å². The van der Waals surface area contributed by atoms with Gasteiger partial charge in [0.05, 0.1) is 34.0 Å². The number of thiophene rings is 1. The number of piperidine rings is 1. The molecule has 0 radical (unpaired) electrons. The third-order valence-electron chi connectivity index (χ3n) is 9.53. The first kappa shape index (κ1) is 33.3. The minimum absolute atomic E-state index is 0.0220. The molecule has 3 aliphatic heterocycles. The van der Waals surface area contributed by atoms with Gasteiger partial charge in [0.15, 0.2) is 0 Å². The number of cyclic esters (lactones) is 1. The van der Waals surface area contributed by atoms with E-state index < -0.39 is 26.6 Å². The highest BCUT2D eigenvalue weighted by Crippen LogP contribution is 2.42. The van der Waals surface area contributed by atoms with Crippen LogP contribution >= 0.6 is 22.9 Å². The monoisotopic (exact) mass is 715 g/mol. The summed E-state index contributed by atoms with van der Waals surface area (Å²) >= 11 is 7.15. The van der Waals surface area contributed by atoms with E-state index in [9.17, 15) is 14.4 Å². The van der Waals surface area contributed by atoms with Gasteiger partial charge in [-0.15, -0.1) is 11.3 Å². The van der Waals surface area contributed by atoms with Crippen molar-refractivity contribution < 1.29 is 28.3 Å². The van der Waals surface area contributed by atoms with Crippen LogP contribution in [0.2, 0.25) is 9.37 Å². The number of hydrogen-bond donors (Lipinski definition) is 1. The third-order valence-corrected chi connectivity index (χ3v) is 15.9. The molecule has 4 heterocycles. The standard InChI is InChI=1S/C37H38ClN3O6SSi/c1-37(2,3)49(26-10-6-4-7-11-26,27-12-8-5-9-13-27)47-25-18-19-40(34(42)21-25)24-14-15-28-30(20-24)45-23-29-31(46-36(44)41(28)29)22-39-35(43)32-16-17-33(38)48-32/h4-17,20,25,29,31H,18-19,21-23H2,1-3H3,(H,39,43)/t25-,29+,31+/m1/s1. The zero-order chi connectivity index (χ0) is 34.3. The maximum absolute atomic E-state index is 13.8. The van der Waals surface area contributed by atoms with E-state index in [1.54, 1.807) is 28.0 Å². The Kier molecular flexibility index (Phi) is 9.03. The molecule has 0 saturated carbocycles. The second-order valence-electron chi connectivity index (χ2n) is 13.6. The molecule has 4 aromatic rings. The Morgan fingerprint density at radius 3 is 2.31 bits per heavy atom. The average Bonchev–Trinajstić information content (AvgIpc) is 3.68. The van der Waals surface area contributed by atoms with Crippen LogP contribution < -0.4 is 30.2 Å². The van der Waals surface area contributed by atoms with Crippen LogP contribution in [0.3, 0.4) is 0 Å². The molecule has 0 spiro atoms. The summed E-state index contributed by atoms with van der Waals surface area (Å²) in [7, 11) is -2.81. The SMILES string of the molecule is CC(C)(C)[Si](O[C@@H]1CCN(c2ccc3c(c2)OC[C@H]2[C@H](CNC(=O)c4ccc(Cl)s4)OC(=O)N32)C(=O)C1)(c1ccccc1)c1ccccc1.